The monoisotopic (exact) mass is 238 g/mol. The first kappa shape index (κ1) is 10.1. The quantitative estimate of drug-likeness (QED) is 0.668. The fraction of sp³-hybridized carbons (Fsp3) is 0.545. The average molecular weight is 238 g/mol. The van der Waals surface area contributed by atoms with Gasteiger partial charge in [-0.3, -0.25) is 4.21 Å². The van der Waals surface area contributed by atoms with E-state index >= 15 is 0 Å². The number of ether oxygens (including phenoxy) is 1. The number of rotatable bonds is 0. The second-order valence-electron chi connectivity index (χ2n) is 4.25. The molecule has 0 saturated carbocycles. The van der Waals surface area contributed by atoms with Crippen molar-refractivity contribution < 1.29 is 8.95 Å². The van der Waals surface area contributed by atoms with Crippen molar-refractivity contribution in [2.75, 3.05) is 29.6 Å². The maximum atomic E-state index is 11.5. The number of aryl methyl sites for hydroxylation is 1. The average Bonchev–Trinajstić information content (AvgIpc) is 2.28. The minimum Gasteiger partial charge on any atom is -0.487 e. The summed E-state index contributed by atoms with van der Waals surface area (Å²) in [6.07, 6.45) is 1.81. The molecule has 5 heteroatoms. The first-order valence-corrected chi connectivity index (χ1v) is 6.94. The Hall–Kier alpha value is -1.10. The Morgan fingerprint density at radius 1 is 1.62 bits per heavy atom. The van der Waals surface area contributed by atoms with Gasteiger partial charge >= 0.3 is 0 Å². The maximum absolute atomic E-state index is 11.5. The maximum Gasteiger partial charge on any atom is 0.172 e. The zero-order valence-electron chi connectivity index (χ0n) is 9.18. The van der Waals surface area contributed by atoms with Crippen LogP contribution >= 0.6 is 0 Å². The third-order valence-electron chi connectivity index (χ3n) is 3.15. The number of aromatic nitrogens is 1. The summed E-state index contributed by atoms with van der Waals surface area (Å²) >= 11 is 0. The molecule has 0 aromatic carbocycles. The summed E-state index contributed by atoms with van der Waals surface area (Å²) in [5.74, 6) is 3.26. The Morgan fingerprint density at radius 3 is 3.38 bits per heavy atom. The second-order valence-corrected chi connectivity index (χ2v) is 5.87. The Morgan fingerprint density at radius 2 is 2.50 bits per heavy atom. The van der Waals surface area contributed by atoms with Gasteiger partial charge < -0.3 is 9.64 Å². The highest BCUT2D eigenvalue weighted by Crippen LogP contribution is 2.35. The van der Waals surface area contributed by atoms with Crippen LogP contribution in [0.4, 0.5) is 5.82 Å². The minimum absolute atomic E-state index is 0.233. The second kappa shape index (κ2) is 3.73. The van der Waals surface area contributed by atoms with Crippen molar-refractivity contribution in [3.05, 3.63) is 17.8 Å². The molecule has 16 heavy (non-hydrogen) atoms. The Balaban J connectivity index is 2.00. The summed E-state index contributed by atoms with van der Waals surface area (Å²) in [5.41, 5.74) is 1.12. The van der Waals surface area contributed by atoms with E-state index in [0.29, 0.717) is 12.4 Å². The Kier molecular flexibility index (Phi) is 2.35. The van der Waals surface area contributed by atoms with Gasteiger partial charge in [-0.25, -0.2) is 4.98 Å². The Bertz CT molecular complexity index is 450. The first-order chi connectivity index (χ1) is 7.75. The molecule has 0 aliphatic carbocycles. The van der Waals surface area contributed by atoms with Crippen LogP contribution in [0.25, 0.3) is 0 Å². The fourth-order valence-electron chi connectivity index (χ4n) is 2.28. The van der Waals surface area contributed by atoms with Gasteiger partial charge in [-0.05, 0) is 18.6 Å². The van der Waals surface area contributed by atoms with Gasteiger partial charge in [0.05, 0.1) is 6.04 Å². The number of hydrogen-bond donors (Lipinski definition) is 0. The van der Waals surface area contributed by atoms with Crippen LogP contribution in [0.2, 0.25) is 0 Å². The molecule has 1 fully saturated rings. The lowest BCUT2D eigenvalue weighted by Crippen LogP contribution is -2.52. The van der Waals surface area contributed by atoms with Crippen molar-refractivity contribution in [1.82, 2.24) is 4.98 Å². The number of pyridine rings is 1. The fourth-order valence-corrected chi connectivity index (χ4v) is 3.55. The highest BCUT2D eigenvalue weighted by molar-refractivity contribution is 7.85. The topological polar surface area (TPSA) is 42.4 Å². The van der Waals surface area contributed by atoms with Gasteiger partial charge in [0.2, 0.25) is 0 Å². The van der Waals surface area contributed by atoms with Crippen molar-refractivity contribution in [2.24, 2.45) is 0 Å². The van der Waals surface area contributed by atoms with Gasteiger partial charge in [0, 0.05) is 35.0 Å². The predicted octanol–water partition coefficient (Wildman–Crippen LogP) is 0.720. The number of anilines is 1. The molecule has 86 valence electrons. The summed E-state index contributed by atoms with van der Waals surface area (Å²) in [7, 11) is -0.690. The normalized spacial score (nSPS) is 27.9. The lowest BCUT2D eigenvalue weighted by Gasteiger charge is -2.40. The smallest absolute Gasteiger partial charge is 0.172 e. The van der Waals surface area contributed by atoms with Gasteiger partial charge in [-0.2, -0.15) is 0 Å². The molecule has 2 aliphatic rings. The van der Waals surface area contributed by atoms with Crippen molar-refractivity contribution in [1.29, 1.82) is 0 Å². The largest absolute Gasteiger partial charge is 0.487 e. The van der Waals surface area contributed by atoms with Crippen molar-refractivity contribution in [3.63, 3.8) is 0 Å². The summed E-state index contributed by atoms with van der Waals surface area (Å²) in [6.45, 7) is 3.48. The van der Waals surface area contributed by atoms with Crippen molar-refractivity contribution in [3.8, 4) is 5.75 Å². The molecule has 1 aromatic rings. The molecule has 1 saturated heterocycles. The molecule has 1 aromatic heterocycles. The van der Waals surface area contributed by atoms with E-state index in [9.17, 15) is 4.21 Å². The molecule has 0 radical (unpaired) electrons. The third kappa shape index (κ3) is 1.50. The number of fused-ring (bicyclic) bond motifs is 3. The van der Waals surface area contributed by atoms with Crippen LogP contribution in [0.5, 0.6) is 5.75 Å². The van der Waals surface area contributed by atoms with Crippen LogP contribution in [0, 0.1) is 6.92 Å². The number of hydrogen-bond acceptors (Lipinski definition) is 4. The van der Waals surface area contributed by atoms with E-state index in [0.717, 1.165) is 29.4 Å². The Labute approximate surface area is 97.1 Å². The lowest BCUT2D eigenvalue weighted by molar-refractivity contribution is 0.266. The van der Waals surface area contributed by atoms with Gasteiger partial charge in [0.1, 0.15) is 6.61 Å². The number of nitrogens with zero attached hydrogens (tertiary/aromatic N) is 2. The van der Waals surface area contributed by atoms with E-state index in [4.69, 9.17) is 4.74 Å². The van der Waals surface area contributed by atoms with Gasteiger partial charge in [-0.1, -0.05) is 0 Å². The summed E-state index contributed by atoms with van der Waals surface area (Å²) < 4.78 is 17.2. The summed E-state index contributed by atoms with van der Waals surface area (Å²) in [6, 6.07) is 2.19. The lowest BCUT2D eigenvalue weighted by atomic mass is 10.2. The van der Waals surface area contributed by atoms with Gasteiger partial charge in [0.25, 0.3) is 0 Å². The SMILES string of the molecule is Cc1ccnc2c1OCC1CS(=O)CCN21. The molecule has 3 heterocycles. The highest BCUT2D eigenvalue weighted by atomic mass is 32.2. The van der Waals surface area contributed by atoms with Crippen LogP contribution < -0.4 is 9.64 Å². The molecule has 2 unspecified atom stereocenters. The van der Waals surface area contributed by atoms with Gasteiger partial charge in [0.15, 0.2) is 11.6 Å². The van der Waals surface area contributed by atoms with E-state index in [1.165, 1.54) is 0 Å². The molecule has 0 amide bonds. The van der Waals surface area contributed by atoms with Crippen LogP contribution in [0.3, 0.4) is 0 Å². The molecule has 0 N–H and O–H groups in total. The molecular weight excluding hydrogens is 224 g/mol. The van der Waals surface area contributed by atoms with Crippen molar-refractivity contribution in [2.45, 2.75) is 13.0 Å². The van der Waals surface area contributed by atoms with Crippen LogP contribution in [-0.4, -0.2) is 39.9 Å². The van der Waals surface area contributed by atoms with E-state index < -0.39 is 10.8 Å². The zero-order chi connectivity index (χ0) is 11.1. The van der Waals surface area contributed by atoms with Crippen LogP contribution in [0.1, 0.15) is 5.56 Å². The molecular formula is C11H14N2O2S. The molecule has 3 rings (SSSR count). The van der Waals surface area contributed by atoms with Crippen LogP contribution in [-0.2, 0) is 10.8 Å². The third-order valence-corrected chi connectivity index (χ3v) is 4.55. The highest BCUT2D eigenvalue weighted by Gasteiger charge is 2.33. The minimum atomic E-state index is -0.690. The van der Waals surface area contributed by atoms with E-state index in [1.54, 1.807) is 0 Å². The van der Waals surface area contributed by atoms with E-state index in [2.05, 4.69) is 9.88 Å². The molecule has 2 aliphatic heterocycles. The first-order valence-electron chi connectivity index (χ1n) is 5.46. The van der Waals surface area contributed by atoms with E-state index in [1.807, 2.05) is 19.2 Å². The zero-order valence-corrected chi connectivity index (χ0v) is 10.00. The summed E-state index contributed by atoms with van der Waals surface area (Å²) in [4.78, 5) is 6.63. The molecule has 0 spiro atoms. The molecule has 4 nitrogen and oxygen atoms in total. The predicted molar refractivity (Wildman–Crippen MR) is 63.5 cm³/mol. The van der Waals surface area contributed by atoms with Gasteiger partial charge in [-0.15, -0.1) is 0 Å². The molecule has 2 atom stereocenters. The standard InChI is InChI=1S/C11H14N2O2S/c1-8-2-3-12-11-10(8)15-6-9-7-16(14)5-4-13(9)11/h2-3,9H,4-7H2,1H3. The summed E-state index contributed by atoms with van der Waals surface area (Å²) in [5, 5.41) is 0. The van der Waals surface area contributed by atoms with Crippen molar-refractivity contribution >= 4 is 16.6 Å². The van der Waals surface area contributed by atoms with E-state index in [-0.39, 0.29) is 6.04 Å². The van der Waals surface area contributed by atoms with Crippen LogP contribution in [0.15, 0.2) is 12.3 Å². The molecule has 0 bridgehead atoms.